The van der Waals surface area contributed by atoms with Gasteiger partial charge in [-0.15, -0.1) is 0 Å². The number of nitrogens with one attached hydrogen (secondary N) is 2. The summed E-state index contributed by atoms with van der Waals surface area (Å²) in [7, 11) is -3.78. The lowest BCUT2D eigenvalue weighted by molar-refractivity contribution is 0.0945. The first-order valence-corrected chi connectivity index (χ1v) is 10.7. The summed E-state index contributed by atoms with van der Waals surface area (Å²) in [6.07, 6.45) is 2.20. The Kier molecular flexibility index (Phi) is 4.51. The molecule has 3 heterocycles. The zero-order chi connectivity index (χ0) is 19.2. The molecule has 1 aromatic heterocycles. The number of aromatic nitrogens is 3. The van der Waals surface area contributed by atoms with Crippen molar-refractivity contribution in [2.45, 2.75) is 56.5 Å². The van der Waals surface area contributed by atoms with Crippen LogP contribution in [0.15, 0.2) is 23.1 Å². The van der Waals surface area contributed by atoms with Gasteiger partial charge in [0.15, 0.2) is 5.82 Å². The van der Waals surface area contributed by atoms with E-state index in [2.05, 4.69) is 20.1 Å². The molecule has 0 saturated carbocycles. The summed E-state index contributed by atoms with van der Waals surface area (Å²) in [5.41, 5.74) is 1.30. The lowest BCUT2D eigenvalue weighted by Gasteiger charge is -2.23. The Labute approximate surface area is 158 Å². The van der Waals surface area contributed by atoms with Gasteiger partial charge in [0.25, 0.3) is 5.91 Å². The summed E-state index contributed by atoms with van der Waals surface area (Å²) in [5, 5.41) is 7.24. The topological polar surface area (TPSA) is 106 Å². The molecule has 2 aliphatic rings. The van der Waals surface area contributed by atoms with Crippen LogP contribution < -0.4 is 10.0 Å². The van der Waals surface area contributed by atoms with Gasteiger partial charge < -0.3 is 5.32 Å². The molecule has 1 aromatic carbocycles. The number of hydrogen-bond donors (Lipinski definition) is 2. The third-order valence-corrected chi connectivity index (χ3v) is 6.49. The van der Waals surface area contributed by atoms with Crippen molar-refractivity contribution in [3.8, 4) is 0 Å². The molecular formula is C18H23N5O3S. The van der Waals surface area contributed by atoms with Gasteiger partial charge in [0.1, 0.15) is 5.82 Å². The third-order valence-electron chi connectivity index (χ3n) is 5.02. The number of carbonyl (C=O) groups is 1. The molecule has 0 spiro atoms. The van der Waals surface area contributed by atoms with Crippen molar-refractivity contribution in [2.24, 2.45) is 0 Å². The first-order chi connectivity index (χ1) is 12.8. The highest BCUT2D eigenvalue weighted by Crippen LogP contribution is 2.27. The standard InChI is InChI=1S/C18H23N5O3S/c1-11(2)16-20-17-15(4-3-9-23(17)21-16)22-27(25,26)13-6-5-12-7-8-19-18(24)14(12)10-13/h5-6,10-11,15,22H,3-4,7-9H2,1-2H3,(H,19,24)/t15-/m1/s1. The second-order valence-electron chi connectivity index (χ2n) is 7.35. The Balaban J connectivity index is 1.63. The van der Waals surface area contributed by atoms with Crippen LogP contribution in [0.5, 0.6) is 0 Å². The van der Waals surface area contributed by atoms with E-state index in [1.54, 1.807) is 16.8 Å². The summed E-state index contributed by atoms with van der Waals surface area (Å²) >= 11 is 0. The lowest BCUT2D eigenvalue weighted by Crippen LogP contribution is -2.34. The van der Waals surface area contributed by atoms with E-state index >= 15 is 0 Å². The molecule has 1 atom stereocenters. The highest BCUT2D eigenvalue weighted by atomic mass is 32.2. The number of benzene rings is 1. The molecule has 0 aliphatic carbocycles. The normalized spacial score (nSPS) is 19.5. The average molecular weight is 389 g/mol. The number of fused-ring (bicyclic) bond motifs is 2. The van der Waals surface area contributed by atoms with Crippen LogP contribution in [0.1, 0.15) is 66.2 Å². The van der Waals surface area contributed by atoms with Gasteiger partial charge in [-0.05, 0) is 37.0 Å². The van der Waals surface area contributed by atoms with E-state index in [9.17, 15) is 13.2 Å². The molecule has 2 aliphatic heterocycles. The fraction of sp³-hybridized carbons (Fsp3) is 0.500. The Morgan fingerprint density at radius 3 is 2.93 bits per heavy atom. The second-order valence-corrected chi connectivity index (χ2v) is 9.06. The van der Waals surface area contributed by atoms with Gasteiger partial charge in [-0.1, -0.05) is 19.9 Å². The Morgan fingerprint density at radius 2 is 2.15 bits per heavy atom. The first-order valence-electron chi connectivity index (χ1n) is 9.23. The average Bonchev–Trinajstić information content (AvgIpc) is 3.07. The molecule has 0 saturated heterocycles. The maximum Gasteiger partial charge on any atom is 0.251 e. The van der Waals surface area contributed by atoms with Crippen LogP contribution in [0.25, 0.3) is 0 Å². The molecule has 0 unspecified atom stereocenters. The predicted molar refractivity (Wildman–Crippen MR) is 98.9 cm³/mol. The van der Waals surface area contributed by atoms with Crippen LogP contribution >= 0.6 is 0 Å². The summed E-state index contributed by atoms with van der Waals surface area (Å²) in [6, 6.07) is 4.32. The maximum absolute atomic E-state index is 12.9. The molecule has 4 rings (SSSR count). The smallest absolute Gasteiger partial charge is 0.251 e. The molecule has 1 amide bonds. The number of carbonyl (C=O) groups excluding carboxylic acids is 1. The van der Waals surface area contributed by atoms with E-state index in [4.69, 9.17) is 0 Å². The predicted octanol–water partition coefficient (Wildman–Crippen LogP) is 1.50. The minimum absolute atomic E-state index is 0.0963. The molecule has 2 N–H and O–H groups in total. The monoisotopic (exact) mass is 389 g/mol. The summed E-state index contributed by atoms with van der Waals surface area (Å²) in [6.45, 7) is 5.34. The molecule has 0 bridgehead atoms. The number of hydrogen-bond acceptors (Lipinski definition) is 5. The van der Waals surface area contributed by atoms with Gasteiger partial charge in [-0.3, -0.25) is 4.79 Å². The van der Waals surface area contributed by atoms with Crippen molar-refractivity contribution in [2.75, 3.05) is 6.54 Å². The van der Waals surface area contributed by atoms with Gasteiger partial charge in [-0.2, -0.15) is 5.10 Å². The number of rotatable bonds is 4. The lowest BCUT2D eigenvalue weighted by atomic mass is 10.0. The van der Waals surface area contributed by atoms with Gasteiger partial charge in [0.2, 0.25) is 10.0 Å². The summed E-state index contributed by atoms with van der Waals surface area (Å²) in [5.74, 6) is 1.33. The van der Waals surface area contributed by atoms with Crippen molar-refractivity contribution in [1.82, 2.24) is 24.8 Å². The molecule has 9 heteroatoms. The van der Waals surface area contributed by atoms with E-state index in [0.29, 0.717) is 30.8 Å². The zero-order valence-corrected chi connectivity index (χ0v) is 16.2. The molecule has 0 radical (unpaired) electrons. The van der Waals surface area contributed by atoms with Gasteiger partial charge in [0, 0.05) is 24.6 Å². The largest absolute Gasteiger partial charge is 0.352 e. The van der Waals surface area contributed by atoms with Gasteiger partial charge >= 0.3 is 0 Å². The molecule has 27 heavy (non-hydrogen) atoms. The second kappa shape index (κ2) is 6.72. The third kappa shape index (κ3) is 3.37. The van der Waals surface area contributed by atoms with Crippen molar-refractivity contribution in [3.05, 3.63) is 41.0 Å². The quantitative estimate of drug-likeness (QED) is 0.824. The van der Waals surface area contributed by atoms with E-state index < -0.39 is 16.1 Å². The van der Waals surface area contributed by atoms with Crippen LogP contribution in [-0.2, 0) is 23.0 Å². The molecule has 2 aromatic rings. The van der Waals surface area contributed by atoms with Gasteiger partial charge in [0.05, 0.1) is 10.9 Å². The molecular weight excluding hydrogens is 366 g/mol. The highest BCUT2D eigenvalue weighted by Gasteiger charge is 2.30. The van der Waals surface area contributed by atoms with E-state index in [1.165, 1.54) is 6.07 Å². The van der Waals surface area contributed by atoms with Gasteiger partial charge in [-0.25, -0.2) is 22.8 Å². The van der Waals surface area contributed by atoms with Crippen molar-refractivity contribution >= 4 is 15.9 Å². The fourth-order valence-corrected chi connectivity index (χ4v) is 4.79. The number of amides is 1. The van der Waals surface area contributed by atoms with Crippen LogP contribution in [0.4, 0.5) is 0 Å². The Bertz CT molecular complexity index is 996. The Morgan fingerprint density at radius 1 is 1.33 bits per heavy atom. The number of nitrogens with zero attached hydrogens (tertiary/aromatic N) is 3. The zero-order valence-electron chi connectivity index (χ0n) is 15.4. The fourth-order valence-electron chi connectivity index (χ4n) is 3.54. The van der Waals surface area contributed by atoms with Crippen LogP contribution in [-0.4, -0.2) is 35.6 Å². The van der Waals surface area contributed by atoms with Crippen molar-refractivity contribution < 1.29 is 13.2 Å². The number of sulfonamides is 1. The molecule has 0 fully saturated rings. The van der Waals surface area contributed by atoms with E-state index in [-0.39, 0.29) is 16.7 Å². The van der Waals surface area contributed by atoms with E-state index in [1.807, 2.05) is 13.8 Å². The minimum atomic E-state index is -3.78. The highest BCUT2D eigenvalue weighted by molar-refractivity contribution is 7.89. The summed E-state index contributed by atoms with van der Waals surface area (Å²) in [4.78, 5) is 16.7. The minimum Gasteiger partial charge on any atom is -0.352 e. The molecule has 144 valence electrons. The molecule has 8 nitrogen and oxygen atoms in total. The SMILES string of the molecule is CC(C)c1nc2n(n1)CCC[C@H]2NS(=O)(=O)c1ccc2c(c1)C(=O)NCC2. The van der Waals surface area contributed by atoms with Crippen molar-refractivity contribution in [3.63, 3.8) is 0 Å². The first kappa shape index (κ1) is 18.1. The van der Waals surface area contributed by atoms with Crippen LogP contribution in [0.3, 0.4) is 0 Å². The van der Waals surface area contributed by atoms with Crippen LogP contribution in [0, 0.1) is 0 Å². The van der Waals surface area contributed by atoms with Crippen molar-refractivity contribution in [1.29, 1.82) is 0 Å². The van der Waals surface area contributed by atoms with Crippen LogP contribution in [0.2, 0.25) is 0 Å². The Hall–Kier alpha value is -2.26. The number of aryl methyl sites for hydroxylation is 1. The maximum atomic E-state index is 12.9. The van der Waals surface area contributed by atoms with E-state index in [0.717, 1.165) is 24.4 Å². The summed E-state index contributed by atoms with van der Waals surface area (Å²) < 4.78 is 30.4.